The third kappa shape index (κ3) is 5.53. The number of carbonyl (C=O) groups is 1. The smallest absolute Gasteiger partial charge is 0.227 e. The molecular weight excluding hydrogens is 366 g/mol. The highest BCUT2D eigenvalue weighted by Crippen LogP contribution is 2.23. The summed E-state index contributed by atoms with van der Waals surface area (Å²) >= 11 is 0. The lowest BCUT2D eigenvalue weighted by Gasteiger charge is -2.36. The Morgan fingerprint density at radius 1 is 1.08 bits per heavy atom. The molecule has 25 heavy (non-hydrogen) atoms. The Hall–Kier alpha value is -0.410. The largest absolute Gasteiger partial charge is 0.377 e. The molecule has 3 rings (SSSR count). The average molecular weight is 396 g/mol. The summed E-state index contributed by atoms with van der Waals surface area (Å²) in [6.07, 6.45) is 4.22. The molecule has 0 saturated carbocycles. The Morgan fingerprint density at radius 2 is 1.84 bits per heavy atom. The van der Waals surface area contributed by atoms with Crippen molar-refractivity contribution < 1.29 is 17.9 Å². The monoisotopic (exact) mass is 395 g/mol. The van der Waals surface area contributed by atoms with Crippen LogP contribution in [0.2, 0.25) is 0 Å². The first kappa shape index (κ1) is 20.9. The number of halogens is 1. The first-order valence-corrected chi connectivity index (χ1v) is 10.8. The Labute approximate surface area is 156 Å². The third-order valence-corrected chi connectivity index (χ3v) is 7.14. The van der Waals surface area contributed by atoms with E-state index in [-0.39, 0.29) is 36.1 Å². The lowest BCUT2D eigenvalue weighted by Crippen LogP contribution is -2.52. The number of piperazine rings is 1. The van der Waals surface area contributed by atoms with Gasteiger partial charge >= 0.3 is 0 Å². The number of sulfonamides is 1. The second-order valence-electron chi connectivity index (χ2n) is 7.04. The van der Waals surface area contributed by atoms with Gasteiger partial charge in [-0.25, -0.2) is 12.7 Å². The molecule has 0 bridgehead atoms. The van der Waals surface area contributed by atoms with Gasteiger partial charge in [-0.05, 0) is 32.1 Å². The zero-order chi connectivity index (χ0) is 17.0. The summed E-state index contributed by atoms with van der Waals surface area (Å²) in [5.41, 5.74) is 0. The van der Waals surface area contributed by atoms with E-state index in [9.17, 15) is 13.2 Å². The van der Waals surface area contributed by atoms with Crippen LogP contribution in [-0.2, 0) is 19.6 Å². The van der Waals surface area contributed by atoms with E-state index >= 15 is 0 Å². The van der Waals surface area contributed by atoms with Gasteiger partial charge in [-0.15, -0.1) is 12.4 Å². The number of carbonyl (C=O) groups excluding carboxylic acids is 1. The number of nitrogens with one attached hydrogen (secondary N) is 1. The standard InChI is InChI=1S/C16H29N3O4S.ClH/c20-16(18-9-6-17-7-10-18)14-4-3-8-19(12-14)24(21,22)13-15-5-1-2-11-23-15;/h14-15,17H,1-13H2;1H. The lowest BCUT2D eigenvalue weighted by molar-refractivity contribution is -0.137. The van der Waals surface area contributed by atoms with Crippen LogP contribution in [0, 0.1) is 5.92 Å². The molecule has 3 heterocycles. The minimum atomic E-state index is -3.35. The molecule has 3 saturated heterocycles. The maximum Gasteiger partial charge on any atom is 0.227 e. The number of hydrogen-bond donors (Lipinski definition) is 1. The van der Waals surface area contributed by atoms with Crippen molar-refractivity contribution in [3.05, 3.63) is 0 Å². The van der Waals surface area contributed by atoms with Crippen molar-refractivity contribution in [2.45, 2.75) is 38.2 Å². The van der Waals surface area contributed by atoms with Gasteiger partial charge in [0, 0.05) is 45.9 Å². The summed E-state index contributed by atoms with van der Waals surface area (Å²) in [7, 11) is -3.35. The fourth-order valence-electron chi connectivity index (χ4n) is 3.82. The average Bonchev–Trinajstić information content (AvgIpc) is 2.62. The molecule has 3 aliphatic heterocycles. The molecule has 0 radical (unpaired) electrons. The van der Waals surface area contributed by atoms with Crippen LogP contribution in [0.4, 0.5) is 0 Å². The maximum absolute atomic E-state index is 12.7. The highest BCUT2D eigenvalue weighted by atomic mass is 35.5. The van der Waals surface area contributed by atoms with Crippen molar-refractivity contribution >= 4 is 28.3 Å². The Balaban J connectivity index is 0.00000225. The van der Waals surface area contributed by atoms with Gasteiger partial charge in [0.25, 0.3) is 0 Å². The van der Waals surface area contributed by atoms with Gasteiger partial charge in [0.1, 0.15) is 0 Å². The van der Waals surface area contributed by atoms with Crippen LogP contribution in [0.1, 0.15) is 32.1 Å². The minimum Gasteiger partial charge on any atom is -0.377 e. The third-order valence-electron chi connectivity index (χ3n) is 5.23. The molecule has 0 aromatic heterocycles. The predicted octanol–water partition coefficient (Wildman–Crippen LogP) is 0.451. The fraction of sp³-hybridized carbons (Fsp3) is 0.938. The zero-order valence-electron chi connectivity index (χ0n) is 14.7. The molecule has 1 amide bonds. The van der Waals surface area contributed by atoms with Gasteiger partial charge in [-0.2, -0.15) is 0 Å². The van der Waals surface area contributed by atoms with Crippen LogP contribution in [0.5, 0.6) is 0 Å². The lowest BCUT2D eigenvalue weighted by atomic mass is 9.98. The van der Waals surface area contributed by atoms with Gasteiger partial charge in [0.15, 0.2) is 0 Å². The van der Waals surface area contributed by atoms with Crippen molar-refractivity contribution in [3.63, 3.8) is 0 Å². The summed E-state index contributed by atoms with van der Waals surface area (Å²) in [6.45, 7) is 4.59. The van der Waals surface area contributed by atoms with E-state index in [1.165, 1.54) is 4.31 Å². The molecule has 146 valence electrons. The molecule has 0 aromatic carbocycles. The van der Waals surface area contributed by atoms with E-state index in [0.29, 0.717) is 19.7 Å². The summed E-state index contributed by atoms with van der Waals surface area (Å²) in [5.74, 6) is -0.0223. The van der Waals surface area contributed by atoms with Crippen LogP contribution < -0.4 is 5.32 Å². The van der Waals surface area contributed by atoms with Gasteiger partial charge in [0.05, 0.1) is 17.8 Å². The SMILES string of the molecule is Cl.O=C(C1CCCN(S(=O)(=O)CC2CCCCO2)C1)N1CCNCC1. The van der Waals surface area contributed by atoms with Crippen molar-refractivity contribution in [2.75, 3.05) is 51.6 Å². The molecule has 3 fully saturated rings. The molecule has 0 aromatic rings. The summed E-state index contributed by atoms with van der Waals surface area (Å²) in [5, 5.41) is 3.24. The Morgan fingerprint density at radius 3 is 2.52 bits per heavy atom. The van der Waals surface area contributed by atoms with Gasteiger partial charge in [-0.1, -0.05) is 0 Å². The quantitative estimate of drug-likeness (QED) is 0.747. The highest BCUT2D eigenvalue weighted by Gasteiger charge is 2.35. The Bertz CT molecular complexity index is 533. The molecule has 0 spiro atoms. The molecular formula is C16H30ClN3O4S. The van der Waals surface area contributed by atoms with Gasteiger partial charge in [0.2, 0.25) is 15.9 Å². The maximum atomic E-state index is 12.7. The molecule has 2 atom stereocenters. The van der Waals surface area contributed by atoms with E-state index in [4.69, 9.17) is 4.74 Å². The van der Waals surface area contributed by atoms with Crippen LogP contribution in [0.25, 0.3) is 0 Å². The molecule has 2 unspecified atom stereocenters. The summed E-state index contributed by atoms with van der Waals surface area (Å²) in [6, 6.07) is 0. The number of ether oxygens (including phenoxy) is 1. The number of hydrogen-bond acceptors (Lipinski definition) is 5. The summed E-state index contributed by atoms with van der Waals surface area (Å²) < 4.78 is 32.5. The summed E-state index contributed by atoms with van der Waals surface area (Å²) in [4.78, 5) is 14.5. The number of nitrogens with zero attached hydrogens (tertiary/aromatic N) is 2. The second-order valence-corrected chi connectivity index (χ2v) is 9.05. The van der Waals surface area contributed by atoms with Crippen LogP contribution in [-0.4, -0.2) is 81.3 Å². The first-order chi connectivity index (χ1) is 11.6. The highest BCUT2D eigenvalue weighted by molar-refractivity contribution is 7.89. The number of piperidine rings is 1. The van der Waals surface area contributed by atoms with Crippen LogP contribution in [0.3, 0.4) is 0 Å². The van der Waals surface area contributed by atoms with E-state index in [1.807, 2.05) is 4.90 Å². The molecule has 3 aliphatic rings. The second kappa shape index (κ2) is 9.50. The fourth-order valence-corrected chi connectivity index (χ4v) is 5.58. The zero-order valence-corrected chi connectivity index (χ0v) is 16.3. The van der Waals surface area contributed by atoms with Crippen molar-refractivity contribution in [1.29, 1.82) is 0 Å². The van der Waals surface area contributed by atoms with Gasteiger partial charge in [-0.3, -0.25) is 4.79 Å². The first-order valence-electron chi connectivity index (χ1n) is 9.15. The predicted molar refractivity (Wildman–Crippen MR) is 98.4 cm³/mol. The normalized spacial score (nSPS) is 29.0. The Kier molecular flexibility index (Phi) is 7.94. The van der Waals surface area contributed by atoms with E-state index < -0.39 is 10.0 Å². The minimum absolute atomic E-state index is 0. The van der Waals surface area contributed by atoms with E-state index in [1.54, 1.807) is 0 Å². The van der Waals surface area contributed by atoms with Crippen molar-refractivity contribution in [2.24, 2.45) is 5.92 Å². The van der Waals surface area contributed by atoms with Crippen molar-refractivity contribution in [1.82, 2.24) is 14.5 Å². The molecule has 0 aliphatic carbocycles. The van der Waals surface area contributed by atoms with Crippen LogP contribution >= 0.6 is 12.4 Å². The van der Waals surface area contributed by atoms with E-state index in [0.717, 1.165) is 58.3 Å². The number of amides is 1. The van der Waals surface area contributed by atoms with Gasteiger partial charge < -0.3 is 15.0 Å². The molecule has 7 nitrogen and oxygen atoms in total. The van der Waals surface area contributed by atoms with Crippen molar-refractivity contribution in [3.8, 4) is 0 Å². The van der Waals surface area contributed by atoms with Crippen LogP contribution in [0.15, 0.2) is 0 Å². The topological polar surface area (TPSA) is 79.0 Å². The number of rotatable bonds is 4. The molecule has 1 N–H and O–H groups in total. The molecule has 9 heteroatoms. The van der Waals surface area contributed by atoms with E-state index in [2.05, 4.69) is 5.32 Å².